The van der Waals surface area contributed by atoms with E-state index in [9.17, 15) is 4.79 Å². The highest BCUT2D eigenvalue weighted by Crippen LogP contribution is 2.25. The number of carbonyl (C=O) groups excluding carboxylic acids is 1. The molecule has 1 rings (SSSR count). The fourth-order valence-electron chi connectivity index (χ4n) is 1.39. The molecule has 0 radical (unpaired) electrons. The van der Waals surface area contributed by atoms with Gasteiger partial charge < -0.3 is 9.47 Å². The molecule has 88 valence electrons. The SMILES string of the molecule is CCOC(=O)c1cccc(OCC)c1CBr. The van der Waals surface area contributed by atoms with Crippen molar-refractivity contribution in [2.75, 3.05) is 13.2 Å². The lowest BCUT2D eigenvalue weighted by Crippen LogP contribution is -2.09. The maximum atomic E-state index is 11.7. The van der Waals surface area contributed by atoms with Gasteiger partial charge in [-0.15, -0.1) is 0 Å². The molecule has 0 saturated carbocycles. The van der Waals surface area contributed by atoms with Crippen LogP contribution in [0.15, 0.2) is 18.2 Å². The van der Waals surface area contributed by atoms with Crippen molar-refractivity contribution in [3.05, 3.63) is 29.3 Å². The maximum absolute atomic E-state index is 11.7. The topological polar surface area (TPSA) is 35.5 Å². The van der Waals surface area contributed by atoms with E-state index in [1.807, 2.05) is 13.0 Å². The van der Waals surface area contributed by atoms with E-state index >= 15 is 0 Å². The first-order chi connectivity index (χ1) is 7.74. The van der Waals surface area contributed by atoms with Crippen LogP contribution in [0, 0.1) is 0 Å². The molecule has 0 bridgehead atoms. The number of halogens is 1. The summed E-state index contributed by atoms with van der Waals surface area (Å²) in [7, 11) is 0. The van der Waals surface area contributed by atoms with Gasteiger partial charge in [0.25, 0.3) is 0 Å². The second-order valence-electron chi connectivity index (χ2n) is 3.07. The van der Waals surface area contributed by atoms with Crippen molar-refractivity contribution in [2.45, 2.75) is 19.2 Å². The van der Waals surface area contributed by atoms with Gasteiger partial charge in [-0.1, -0.05) is 22.0 Å². The number of esters is 1. The summed E-state index contributed by atoms with van der Waals surface area (Å²) in [5.41, 5.74) is 1.40. The Morgan fingerprint density at radius 3 is 2.62 bits per heavy atom. The molecule has 1 aromatic rings. The zero-order valence-electron chi connectivity index (χ0n) is 9.46. The van der Waals surface area contributed by atoms with E-state index in [0.29, 0.717) is 24.1 Å². The maximum Gasteiger partial charge on any atom is 0.338 e. The summed E-state index contributed by atoms with van der Waals surface area (Å²) in [5.74, 6) is 0.420. The van der Waals surface area contributed by atoms with Gasteiger partial charge in [0.15, 0.2) is 0 Å². The number of benzene rings is 1. The summed E-state index contributed by atoms with van der Waals surface area (Å²) in [5, 5.41) is 0.567. The lowest BCUT2D eigenvalue weighted by molar-refractivity contribution is 0.0525. The average molecular weight is 287 g/mol. The minimum Gasteiger partial charge on any atom is -0.494 e. The number of ether oxygens (including phenoxy) is 2. The monoisotopic (exact) mass is 286 g/mol. The summed E-state index contributed by atoms with van der Waals surface area (Å²) in [6, 6.07) is 5.39. The lowest BCUT2D eigenvalue weighted by Gasteiger charge is -2.12. The zero-order valence-corrected chi connectivity index (χ0v) is 11.0. The third-order valence-corrected chi connectivity index (χ3v) is 2.62. The minimum absolute atomic E-state index is 0.307. The van der Waals surface area contributed by atoms with Gasteiger partial charge in [-0.25, -0.2) is 4.79 Å². The van der Waals surface area contributed by atoms with E-state index in [-0.39, 0.29) is 5.97 Å². The van der Waals surface area contributed by atoms with E-state index in [2.05, 4.69) is 15.9 Å². The molecule has 3 nitrogen and oxygen atoms in total. The summed E-state index contributed by atoms with van der Waals surface area (Å²) in [6.45, 7) is 4.65. The Morgan fingerprint density at radius 2 is 2.06 bits per heavy atom. The molecule has 16 heavy (non-hydrogen) atoms. The number of hydrogen-bond acceptors (Lipinski definition) is 3. The molecular formula is C12H15BrO3. The van der Waals surface area contributed by atoms with Gasteiger partial charge in [0, 0.05) is 10.9 Å². The molecule has 0 heterocycles. The molecular weight excluding hydrogens is 272 g/mol. The molecule has 0 fully saturated rings. The van der Waals surface area contributed by atoms with E-state index in [1.54, 1.807) is 19.1 Å². The van der Waals surface area contributed by atoms with Gasteiger partial charge in [0.05, 0.1) is 18.8 Å². The van der Waals surface area contributed by atoms with Crippen LogP contribution in [0.5, 0.6) is 5.75 Å². The van der Waals surface area contributed by atoms with E-state index in [1.165, 1.54) is 0 Å². The van der Waals surface area contributed by atoms with E-state index in [0.717, 1.165) is 11.3 Å². The lowest BCUT2D eigenvalue weighted by atomic mass is 10.1. The second-order valence-corrected chi connectivity index (χ2v) is 3.63. The van der Waals surface area contributed by atoms with Gasteiger partial charge in [0.2, 0.25) is 0 Å². The molecule has 4 heteroatoms. The standard InChI is InChI=1S/C12H15BrO3/c1-3-15-11-7-5-6-9(10(11)8-13)12(14)16-4-2/h5-7H,3-4,8H2,1-2H3. The molecule has 0 saturated heterocycles. The van der Waals surface area contributed by atoms with Crippen LogP contribution in [-0.2, 0) is 10.1 Å². The van der Waals surface area contributed by atoms with Gasteiger partial charge in [0.1, 0.15) is 5.75 Å². The van der Waals surface area contributed by atoms with Gasteiger partial charge in [-0.05, 0) is 26.0 Å². The summed E-state index contributed by atoms with van der Waals surface area (Å²) in [6.07, 6.45) is 0. The molecule has 0 aliphatic rings. The van der Waals surface area contributed by atoms with Gasteiger partial charge >= 0.3 is 5.97 Å². The van der Waals surface area contributed by atoms with Crippen LogP contribution in [0.25, 0.3) is 0 Å². The van der Waals surface area contributed by atoms with Crippen molar-refractivity contribution in [3.63, 3.8) is 0 Å². The van der Waals surface area contributed by atoms with Crippen LogP contribution in [0.2, 0.25) is 0 Å². The Labute approximate surface area is 104 Å². The summed E-state index contributed by atoms with van der Waals surface area (Å²) >= 11 is 3.36. The van der Waals surface area contributed by atoms with Crippen LogP contribution in [0.3, 0.4) is 0 Å². The van der Waals surface area contributed by atoms with Gasteiger partial charge in [-0.2, -0.15) is 0 Å². The third kappa shape index (κ3) is 2.98. The molecule has 0 aliphatic carbocycles. The zero-order chi connectivity index (χ0) is 12.0. The largest absolute Gasteiger partial charge is 0.494 e. The van der Waals surface area contributed by atoms with E-state index < -0.39 is 0 Å². The van der Waals surface area contributed by atoms with Crippen molar-refractivity contribution in [1.29, 1.82) is 0 Å². The van der Waals surface area contributed by atoms with Crippen molar-refractivity contribution in [2.24, 2.45) is 0 Å². The molecule has 0 aliphatic heterocycles. The number of alkyl halides is 1. The van der Waals surface area contributed by atoms with Crippen molar-refractivity contribution in [3.8, 4) is 5.75 Å². The molecule has 0 N–H and O–H groups in total. The molecule has 0 aromatic heterocycles. The minimum atomic E-state index is -0.307. The quantitative estimate of drug-likeness (QED) is 0.616. The molecule has 0 unspecified atom stereocenters. The van der Waals surface area contributed by atoms with Crippen LogP contribution in [0.4, 0.5) is 0 Å². The molecule has 0 spiro atoms. The highest BCUT2D eigenvalue weighted by atomic mass is 79.9. The first kappa shape index (κ1) is 13.0. The number of rotatable bonds is 5. The fraction of sp³-hybridized carbons (Fsp3) is 0.417. The Bertz CT molecular complexity index is 363. The number of carbonyl (C=O) groups is 1. The van der Waals surface area contributed by atoms with E-state index in [4.69, 9.17) is 9.47 Å². The summed E-state index contributed by atoms with van der Waals surface area (Å²) < 4.78 is 10.4. The molecule has 1 aromatic carbocycles. The highest BCUT2D eigenvalue weighted by molar-refractivity contribution is 9.08. The third-order valence-electron chi connectivity index (χ3n) is 2.06. The van der Waals surface area contributed by atoms with Crippen LogP contribution in [0.1, 0.15) is 29.8 Å². The fourth-order valence-corrected chi connectivity index (χ4v) is 1.97. The van der Waals surface area contributed by atoms with Crippen LogP contribution in [-0.4, -0.2) is 19.2 Å². The Morgan fingerprint density at radius 1 is 1.31 bits per heavy atom. The average Bonchev–Trinajstić information content (AvgIpc) is 2.29. The second kappa shape index (κ2) is 6.53. The van der Waals surface area contributed by atoms with Crippen LogP contribution >= 0.6 is 15.9 Å². The molecule has 0 amide bonds. The van der Waals surface area contributed by atoms with Crippen molar-refractivity contribution in [1.82, 2.24) is 0 Å². The Balaban J connectivity index is 3.08. The van der Waals surface area contributed by atoms with Crippen molar-refractivity contribution < 1.29 is 14.3 Å². The molecule has 0 atom stereocenters. The normalized spacial score (nSPS) is 9.94. The first-order valence-corrected chi connectivity index (χ1v) is 6.34. The number of hydrogen-bond donors (Lipinski definition) is 0. The first-order valence-electron chi connectivity index (χ1n) is 5.22. The van der Waals surface area contributed by atoms with Crippen molar-refractivity contribution >= 4 is 21.9 Å². The summed E-state index contributed by atoms with van der Waals surface area (Å²) in [4.78, 5) is 11.7. The van der Waals surface area contributed by atoms with Gasteiger partial charge in [-0.3, -0.25) is 0 Å². The van der Waals surface area contributed by atoms with Crippen LogP contribution < -0.4 is 4.74 Å². The smallest absolute Gasteiger partial charge is 0.338 e. The Hall–Kier alpha value is -1.03. The predicted octanol–water partition coefficient (Wildman–Crippen LogP) is 3.16. The predicted molar refractivity (Wildman–Crippen MR) is 66.2 cm³/mol. The highest BCUT2D eigenvalue weighted by Gasteiger charge is 2.15. The Kier molecular flexibility index (Phi) is 5.32.